The third kappa shape index (κ3) is 8.12. The van der Waals surface area contributed by atoms with Crippen molar-refractivity contribution in [1.29, 1.82) is 0 Å². The average Bonchev–Trinajstić information content (AvgIpc) is 3.03. The van der Waals surface area contributed by atoms with Crippen LogP contribution in [0.1, 0.15) is 50.2 Å². The highest BCUT2D eigenvalue weighted by molar-refractivity contribution is 9.10. The number of sulfonamides is 1. The molecular weight excluding hydrogens is 646 g/mol. The predicted octanol–water partition coefficient (Wildman–Crippen LogP) is 5.84. The molecule has 3 aromatic carbocycles. The number of anilines is 1. The van der Waals surface area contributed by atoms with Crippen molar-refractivity contribution in [3.63, 3.8) is 0 Å². The molecule has 0 bridgehead atoms. The van der Waals surface area contributed by atoms with Crippen molar-refractivity contribution in [2.75, 3.05) is 25.1 Å². The van der Waals surface area contributed by atoms with Crippen LogP contribution in [-0.4, -0.2) is 58.0 Å². The van der Waals surface area contributed by atoms with Gasteiger partial charge in [-0.2, -0.15) is 0 Å². The van der Waals surface area contributed by atoms with Gasteiger partial charge in [0.05, 0.1) is 29.3 Å². The number of nitrogens with zero attached hydrogens (tertiary/aromatic N) is 2. The monoisotopic (exact) mass is 685 g/mol. The predicted molar refractivity (Wildman–Crippen MR) is 174 cm³/mol. The summed E-state index contributed by atoms with van der Waals surface area (Å²) >= 11 is 3.38. The summed E-state index contributed by atoms with van der Waals surface area (Å²) in [4.78, 5) is 29.1. The molecule has 0 aliphatic heterocycles. The largest absolute Gasteiger partial charge is 0.497 e. The number of methoxy groups -OCH3 is 2. The molecule has 1 saturated carbocycles. The van der Waals surface area contributed by atoms with Crippen LogP contribution in [-0.2, 0) is 26.2 Å². The Labute approximate surface area is 268 Å². The van der Waals surface area contributed by atoms with Gasteiger partial charge in [-0.3, -0.25) is 13.9 Å². The molecule has 3 aromatic rings. The highest BCUT2D eigenvalue weighted by Crippen LogP contribution is 2.31. The first-order chi connectivity index (χ1) is 21.0. The topological polar surface area (TPSA) is 105 Å². The number of amides is 2. The first-order valence-corrected chi connectivity index (χ1v) is 16.9. The summed E-state index contributed by atoms with van der Waals surface area (Å²) in [6.07, 6.45) is 5.06. The van der Waals surface area contributed by atoms with Crippen LogP contribution >= 0.6 is 15.9 Å². The number of benzene rings is 3. The fourth-order valence-corrected chi connectivity index (χ4v) is 7.43. The fourth-order valence-electron chi connectivity index (χ4n) is 5.29. The number of nitrogens with one attached hydrogen (secondary N) is 1. The summed E-state index contributed by atoms with van der Waals surface area (Å²) < 4.78 is 40.5. The van der Waals surface area contributed by atoms with E-state index in [0.29, 0.717) is 21.7 Å². The maximum absolute atomic E-state index is 14.2. The summed E-state index contributed by atoms with van der Waals surface area (Å²) in [5.74, 6) is 0.306. The Hall–Kier alpha value is -3.57. The molecule has 0 spiro atoms. The molecule has 44 heavy (non-hydrogen) atoms. The van der Waals surface area contributed by atoms with Gasteiger partial charge in [0.2, 0.25) is 11.8 Å². The molecular formula is C33H40BrN3O6S. The first-order valence-electron chi connectivity index (χ1n) is 14.7. The number of rotatable bonds is 12. The molecule has 0 radical (unpaired) electrons. The highest BCUT2D eigenvalue weighted by Gasteiger charge is 2.33. The van der Waals surface area contributed by atoms with Gasteiger partial charge in [-0.05, 0) is 90.6 Å². The smallest absolute Gasteiger partial charge is 0.264 e. The quantitative estimate of drug-likeness (QED) is 0.257. The number of halogens is 1. The van der Waals surface area contributed by atoms with Gasteiger partial charge in [-0.25, -0.2) is 8.42 Å². The van der Waals surface area contributed by atoms with Gasteiger partial charge in [0.1, 0.15) is 24.1 Å². The van der Waals surface area contributed by atoms with E-state index in [-0.39, 0.29) is 23.4 Å². The molecule has 9 nitrogen and oxygen atoms in total. The van der Waals surface area contributed by atoms with Gasteiger partial charge >= 0.3 is 0 Å². The van der Waals surface area contributed by atoms with E-state index in [1.165, 1.54) is 24.1 Å². The van der Waals surface area contributed by atoms with E-state index >= 15 is 0 Å². The molecule has 236 valence electrons. The summed E-state index contributed by atoms with van der Waals surface area (Å²) in [6, 6.07) is 17.8. The van der Waals surface area contributed by atoms with Crippen molar-refractivity contribution in [3.8, 4) is 11.5 Å². The minimum atomic E-state index is -4.22. The lowest BCUT2D eigenvalue weighted by Crippen LogP contribution is -2.53. The summed E-state index contributed by atoms with van der Waals surface area (Å²) in [7, 11) is -1.16. The molecule has 0 saturated heterocycles. The average molecular weight is 687 g/mol. The van der Waals surface area contributed by atoms with E-state index in [0.717, 1.165) is 47.5 Å². The molecule has 11 heteroatoms. The van der Waals surface area contributed by atoms with Gasteiger partial charge in [0.15, 0.2) is 0 Å². The van der Waals surface area contributed by atoms with E-state index in [4.69, 9.17) is 9.47 Å². The number of carbonyl (C=O) groups is 2. The molecule has 4 rings (SSSR count). The summed E-state index contributed by atoms with van der Waals surface area (Å²) in [6.45, 7) is 3.16. The van der Waals surface area contributed by atoms with Crippen LogP contribution < -0.4 is 19.1 Å². The second-order valence-corrected chi connectivity index (χ2v) is 13.8. The van der Waals surface area contributed by atoms with Crippen molar-refractivity contribution >= 4 is 43.5 Å². The third-order valence-corrected chi connectivity index (χ3v) is 10.3. The zero-order valence-electron chi connectivity index (χ0n) is 25.6. The van der Waals surface area contributed by atoms with Crippen molar-refractivity contribution in [1.82, 2.24) is 10.2 Å². The van der Waals surface area contributed by atoms with E-state index in [2.05, 4.69) is 21.2 Å². The van der Waals surface area contributed by atoms with E-state index in [1.54, 1.807) is 56.5 Å². The van der Waals surface area contributed by atoms with Gasteiger partial charge in [0.25, 0.3) is 10.0 Å². The van der Waals surface area contributed by atoms with Crippen molar-refractivity contribution in [2.24, 2.45) is 0 Å². The summed E-state index contributed by atoms with van der Waals surface area (Å²) in [5.41, 5.74) is 2.02. The van der Waals surface area contributed by atoms with Crippen LogP contribution in [0.3, 0.4) is 0 Å². The van der Waals surface area contributed by atoms with Crippen LogP contribution in [0.2, 0.25) is 0 Å². The van der Waals surface area contributed by atoms with Crippen molar-refractivity contribution in [3.05, 3.63) is 82.3 Å². The molecule has 1 atom stereocenters. The van der Waals surface area contributed by atoms with Gasteiger partial charge in [-0.15, -0.1) is 0 Å². The number of hydrogen-bond acceptors (Lipinski definition) is 6. The van der Waals surface area contributed by atoms with E-state index in [9.17, 15) is 18.0 Å². The molecule has 1 N–H and O–H groups in total. The fraction of sp³-hybridized carbons (Fsp3) is 0.394. The normalized spacial score (nSPS) is 14.4. The lowest BCUT2D eigenvalue weighted by Gasteiger charge is -2.33. The van der Waals surface area contributed by atoms with Crippen LogP contribution in [0, 0.1) is 6.92 Å². The van der Waals surface area contributed by atoms with Crippen molar-refractivity contribution < 1.29 is 27.5 Å². The zero-order valence-corrected chi connectivity index (χ0v) is 28.0. The maximum atomic E-state index is 14.2. The van der Waals surface area contributed by atoms with E-state index in [1.807, 2.05) is 19.1 Å². The lowest BCUT2D eigenvalue weighted by atomic mass is 9.95. The molecule has 0 unspecified atom stereocenters. The standard InChI is InChI=1S/C33H40BrN3O6S/c1-23-13-15-27(16-14-23)37(44(40,41)29-17-18-31(43-4)30(34)20-29)22-32(38)36(21-25-9-8-12-28(19-25)42-3)24(2)33(39)35-26-10-6-5-7-11-26/h8-9,12-20,24,26H,5-7,10-11,21-22H2,1-4H3,(H,35,39)/t24-/m1/s1. The van der Waals surface area contributed by atoms with Crippen LogP contribution in [0.25, 0.3) is 0 Å². The number of carbonyl (C=O) groups excluding carboxylic acids is 2. The third-order valence-electron chi connectivity index (χ3n) is 7.92. The second-order valence-electron chi connectivity index (χ2n) is 11.0. The molecule has 1 aliphatic rings. The van der Waals surface area contributed by atoms with E-state index < -0.39 is 28.5 Å². The highest BCUT2D eigenvalue weighted by atomic mass is 79.9. The number of aryl methyl sites for hydroxylation is 1. The van der Waals surface area contributed by atoms with Crippen LogP contribution in [0.15, 0.2) is 76.1 Å². The molecule has 2 amide bonds. The van der Waals surface area contributed by atoms with Crippen LogP contribution in [0.5, 0.6) is 11.5 Å². The maximum Gasteiger partial charge on any atom is 0.264 e. The second kappa shape index (κ2) is 14.9. The minimum absolute atomic E-state index is 0.0130. The lowest BCUT2D eigenvalue weighted by molar-refractivity contribution is -0.139. The minimum Gasteiger partial charge on any atom is -0.497 e. The first kappa shape index (κ1) is 33.3. The molecule has 1 aliphatic carbocycles. The van der Waals surface area contributed by atoms with Crippen molar-refractivity contribution in [2.45, 2.75) is 69.5 Å². The molecule has 0 heterocycles. The van der Waals surface area contributed by atoms with Gasteiger partial charge in [-0.1, -0.05) is 49.1 Å². The Kier molecular flexibility index (Phi) is 11.3. The molecule has 0 aromatic heterocycles. The van der Waals surface area contributed by atoms with Crippen LogP contribution in [0.4, 0.5) is 5.69 Å². The Balaban J connectivity index is 1.70. The van der Waals surface area contributed by atoms with Gasteiger partial charge in [0, 0.05) is 12.6 Å². The zero-order chi connectivity index (χ0) is 31.9. The Bertz CT molecular complexity index is 1560. The van der Waals surface area contributed by atoms with Gasteiger partial charge < -0.3 is 19.7 Å². The number of hydrogen-bond donors (Lipinski definition) is 1. The molecule has 1 fully saturated rings. The Morgan fingerprint density at radius 1 is 0.977 bits per heavy atom. The Morgan fingerprint density at radius 2 is 1.68 bits per heavy atom. The Morgan fingerprint density at radius 3 is 2.32 bits per heavy atom. The number of ether oxygens (including phenoxy) is 2. The summed E-state index contributed by atoms with van der Waals surface area (Å²) in [5, 5.41) is 3.12. The SMILES string of the molecule is COc1cccc(CN(C(=O)CN(c2ccc(C)cc2)S(=O)(=O)c2ccc(OC)c(Br)c2)[C@H](C)C(=O)NC2CCCCC2)c1.